The lowest BCUT2D eigenvalue weighted by Gasteiger charge is -2.16. The summed E-state index contributed by atoms with van der Waals surface area (Å²) in [6.07, 6.45) is 10.8. The van der Waals surface area contributed by atoms with E-state index in [2.05, 4.69) is 0 Å². The van der Waals surface area contributed by atoms with Crippen LogP contribution in [0.25, 0.3) is 0 Å². The average Bonchev–Trinajstić information content (AvgIpc) is 2.76. The third-order valence-corrected chi connectivity index (χ3v) is 4.70. The first-order valence-corrected chi connectivity index (χ1v) is 12.5. The highest BCUT2D eigenvalue weighted by molar-refractivity contribution is 4.50. The molecular formula is C24H50O7. The van der Waals surface area contributed by atoms with Gasteiger partial charge in [0.15, 0.2) is 12.6 Å². The van der Waals surface area contributed by atoms with Crippen molar-refractivity contribution in [2.45, 2.75) is 104 Å². The summed E-state index contributed by atoms with van der Waals surface area (Å²) in [6, 6.07) is 0. The molecule has 0 saturated heterocycles. The zero-order chi connectivity index (χ0) is 22.8. The number of hydrogen-bond acceptors (Lipinski definition) is 7. The molecule has 0 aromatic heterocycles. The first-order chi connectivity index (χ1) is 15.3. The van der Waals surface area contributed by atoms with Crippen molar-refractivity contribution in [3.05, 3.63) is 0 Å². The molecule has 0 spiro atoms. The van der Waals surface area contributed by atoms with Crippen molar-refractivity contribution in [2.75, 3.05) is 53.2 Å². The minimum absolute atomic E-state index is 0.0483. The Morgan fingerprint density at radius 2 is 0.774 bits per heavy atom. The summed E-state index contributed by atoms with van der Waals surface area (Å²) >= 11 is 0. The van der Waals surface area contributed by atoms with Crippen molar-refractivity contribution in [1.29, 1.82) is 0 Å². The molecule has 0 aliphatic carbocycles. The van der Waals surface area contributed by atoms with E-state index in [9.17, 15) is 0 Å². The van der Waals surface area contributed by atoms with Crippen molar-refractivity contribution in [1.82, 2.24) is 0 Å². The summed E-state index contributed by atoms with van der Waals surface area (Å²) in [5.74, 6) is 0. The maximum absolute atomic E-state index is 5.55. The first-order valence-electron chi connectivity index (χ1n) is 12.5. The van der Waals surface area contributed by atoms with Gasteiger partial charge < -0.3 is 33.2 Å². The molecule has 31 heavy (non-hydrogen) atoms. The van der Waals surface area contributed by atoms with Crippen LogP contribution in [-0.4, -0.2) is 65.8 Å². The summed E-state index contributed by atoms with van der Waals surface area (Å²) in [6.45, 7) is 12.9. The molecule has 0 unspecified atom stereocenters. The highest BCUT2D eigenvalue weighted by Gasteiger charge is 2.07. The maximum Gasteiger partial charge on any atom is 0.157 e. The number of unbranched alkanes of at least 4 members (excludes halogenated alkanes) is 6. The van der Waals surface area contributed by atoms with Gasteiger partial charge in [0.05, 0.1) is 0 Å². The molecular weight excluding hydrogens is 400 g/mol. The van der Waals surface area contributed by atoms with Crippen LogP contribution in [0.4, 0.5) is 0 Å². The van der Waals surface area contributed by atoms with Crippen molar-refractivity contribution >= 4 is 0 Å². The second kappa shape index (κ2) is 26.0. The van der Waals surface area contributed by atoms with Crippen LogP contribution in [0.5, 0.6) is 0 Å². The molecule has 0 radical (unpaired) electrons. The predicted molar refractivity (Wildman–Crippen MR) is 123 cm³/mol. The lowest BCUT2D eigenvalue weighted by atomic mass is 10.1. The Labute approximate surface area is 191 Å². The Kier molecular flexibility index (Phi) is 25.7. The van der Waals surface area contributed by atoms with Crippen molar-refractivity contribution in [3.63, 3.8) is 0 Å². The Morgan fingerprint density at radius 3 is 1.13 bits per heavy atom. The largest absolute Gasteiger partial charge is 0.355 e. The predicted octanol–water partition coefficient (Wildman–Crippen LogP) is 5.65. The lowest BCUT2D eigenvalue weighted by Crippen LogP contribution is -2.17. The van der Waals surface area contributed by atoms with Crippen LogP contribution in [0.2, 0.25) is 0 Å². The van der Waals surface area contributed by atoms with E-state index in [1.54, 1.807) is 0 Å². The van der Waals surface area contributed by atoms with Crippen LogP contribution in [-0.2, 0) is 33.2 Å². The lowest BCUT2D eigenvalue weighted by molar-refractivity contribution is -0.140. The van der Waals surface area contributed by atoms with Gasteiger partial charge in [0.2, 0.25) is 0 Å². The molecule has 188 valence electrons. The molecule has 0 amide bonds. The molecule has 0 bridgehead atoms. The van der Waals surface area contributed by atoms with Gasteiger partial charge in [-0.3, -0.25) is 0 Å². The van der Waals surface area contributed by atoms with Gasteiger partial charge in [-0.05, 0) is 66.2 Å². The van der Waals surface area contributed by atoms with E-state index in [-0.39, 0.29) is 12.6 Å². The Bertz CT molecular complexity index is 289. The normalized spacial score (nSPS) is 11.8. The molecule has 0 atom stereocenters. The fourth-order valence-electron chi connectivity index (χ4n) is 3.18. The summed E-state index contributed by atoms with van der Waals surface area (Å²) < 4.78 is 38.5. The maximum atomic E-state index is 5.55. The van der Waals surface area contributed by atoms with Gasteiger partial charge in [-0.2, -0.15) is 0 Å². The van der Waals surface area contributed by atoms with Crippen LogP contribution in [0.3, 0.4) is 0 Å². The SMILES string of the molecule is CCOC(CCCCCCOCOCOCCCCCCC(OCC)OCC)OCC. The zero-order valence-electron chi connectivity index (χ0n) is 20.7. The molecule has 0 aromatic rings. The van der Waals surface area contributed by atoms with E-state index in [1.165, 1.54) is 12.8 Å². The fourth-order valence-corrected chi connectivity index (χ4v) is 3.18. The molecule has 0 aliphatic heterocycles. The van der Waals surface area contributed by atoms with Crippen LogP contribution in [0.1, 0.15) is 91.9 Å². The molecule has 0 heterocycles. The van der Waals surface area contributed by atoms with E-state index in [4.69, 9.17) is 33.2 Å². The van der Waals surface area contributed by atoms with E-state index >= 15 is 0 Å². The highest BCUT2D eigenvalue weighted by atomic mass is 16.7. The topological polar surface area (TPSA) is 64.6 Å². The second-order valence-electron chi connectivity index (χ2n) is 7.34. The Balaban J connectivity index is 3.24. The number of hydrogen-bond donors (Lipinski definition) is 0. The van der Waals surface area contributed by atoms with Crippen LogP contribution < -0.4 is 0 Å². The van der Waals surface area contributed by atoms with Crippen LogP contribution >= 0.6 is 0 Å². The molecule has 0 rings (SSSR count). The van der Waals surface area contributed by atoms with E-state index in [0.717, 1.165) is 64.6 Å². The molecule has 0 aromatic carbocycles. The second-order valence-corrected chi connectivity index (χ2v) is 7.34. The molecule has 7 nitrogen and oxygen atoms in total. The third kappa shape index (κ3) is 22.7. The quantitative estimate of drug-likeness (QED) is 0.125. The van der Waals surface area contributed by atoms with Crippen molar-refractivity contribution in [3.8, 4) is 0 Å². The number of rotatable bonds is 26. The Hall–Kier alpha value is -0.280. The molecule has 0 saturated carbocycles. The van der Waals surface area contributed by atoms with Gasteiger partial charge >= 0.3 is 0 Å². The minimum atomic E-state index is -0.0483. The summed E-state index contributed by atoms with van der Waals surface area (Å²) in [7, 11) is 0. The van der Waals surface area contributed by atoms with Gasteiger partial charge in [0.25, 0.3) is 0 Å². The van der Waals surface area contributed by atoms with Crippen molar-refractivity contribution in [2.24, 2.45) is 0 Å². The van der Waals surface area contributed by atoms with Gasteiger partial charge in [-0.15, -0.1) is 0 Å². The molecule has 0 aliphatic rings. The first kappa shape index (κ1) is 30.7. The van der Waals surface area contributed by atoms with Gasteiger partial charge in [0.1, 0.15) is 13.6 Å². The average molecular weight is 451 g/mol. The smallest absolute Gasteiger partial charge is 0.157 e. The van der Waals surface area contributed by atoms with Gasteiger partial charge in [-0.25, -0.2) is 0 Å². The van der Waals surface area contributed by atoms with Crippen LogP contribution in [0.15, 0.2) is 0 Å². The zero-order valence-corrected chi connectivity index (χ0v) is 20.7. The summed E-state index contributed by atoms with van der Waals surface area (Å²) in [4.78, 5) is 0. The molecule has 0 N–H and O–H groups in total. The third-order valence-electron chi connectivity index (χ3n) is 4.70. The van der Waals surface area contributed by atoms with E-state index in [0.29, 0.717) is 40.0 Å². The van der Waals surface area contributed by atoms with E-state index < -0.39 is 0 Å². The highest BCUT2D eigenvalue weighted by Crippen LogP contribution is 2.11. The molecule has 7 heteroatoms. The summed E-state index contributed by atoms with van der Waals surface area (Å²) in [5, 5.41) is 0. The fraction of sp³-hybridized carbons (Fsp3) is 1.00. The molecule has 0 fully saturated rings. The van der Waals surface area contributed by atoms with Crippen LogP contribution in [0, 0.1) is 0 Å². The van der Waals surface area contributed by atoms with Gasteiger partial charge in [0, 0.05) is 39.6 Å². The van der Waals surface area contributed by atoms with Crippen molar-refractivity contribution < 1.29 is 33.2 Å². The standard InChI is InChI=1S/C24H50O7/c1-5-28-23(29-6-2)17-13-9-11-15-19-25-21-27-22-26-20-16-12-10-14-18-24(30-7-3)31-8-4/h23-24H,5-22H2,1-4H3. The summed E-state index contributed by atoms with van der Waals surface area (Å²) in [5.41, 5.74) is 0. The minimum Gasteiger partial charge on any atom is -0.355 e. The van der Waals surface area contributed by atoms with E-state index in [1.807, 2.05) is 27.7 Å². The Morgan fingerprint density at radius 1 is 0.419 bits per heavy atom. The number of ether oxygens (including phenoxy) is 7. The monoisotopic (exact) mass is 450 g/mol. The van der Waals surface area contributed by atoms with Gasteiger partial charge in [-0.1, -0.05) is 25.7 Å².